The van der Waals surface area contributed by atoms with Gasteiger partial charge in [-0.1, -0.05) is 41.9 Å². The first kappa shape index (κ1) is 18.1. The lowest BCUT2D eigenvalue weighted by Gasteiger charge is -2.16. The molecule has 3 aromatic rings. The van der Waals surface area contributed by atoms with Crippen LogP contribution in [0.2, 0.25) is 5.02 Å². The second kappa shape index (κ2) is 7.79. The van der Waals surface area contributed by atoms with Crippen LogP contribution < -0.4 is 5.32 Å². The molecule has 140 valence electrons. The highest BCUT2D eigenvalue weighted by molar-refractivity contribution is 6.30. The quantitative estimate of drug-likeness (QED) is 0.541. The van der Waals surface area contributed by atoms with Gasteiger partial charge >= 0.3 is 0 Å². The van der Waals surface area contributed by atoms with E-state index in [9.17, 15) is 10.2 Å². The van der Waals surface area contributed by atoms with Crippen molar-refractivity contribution < 1.29 is 10.2 Å². The molecule has 4 nitrogen and oxygen atoms in total. The lowest BCUT2D eigenvalue weighted by molar-refractivity contribution is 0.403. The molecule has 3 N–H and O–H groups in total. The van der Waals surface area contributed by atoms with E-state index in [1.54, 1.807) is 12.1 Å². The average molecular weight is 391 g/mol. The number of halogens is 1. The number of rotatable bonds is 4. The minimum absolute atomic E-state index is 0.121. The summed E-state index contributed by atoms with van der Waals surface area (Å²) in [5.41, 5.74) is 6.34. The molecule has 0 saturated carbocycles. The molecule has 0 atom stereocenters. The summed E-state index contributed by atoms with van der Waals surface area (Å²) in [6, 6.07) is 19.0. The van der Waals surface area contributed by atoms with Gasteiger partial charge in [0.05, 0.1) is 6.54 Å². The van der Waals surface area contributed by atoms with Crippen molar-refractivity contribution in [2.75, 3.05) is 0 Å². The fourth-order valence-corrected chi connectivity index (χ4v) is 3.41. The van der Waals surface area contributed by atoms with Crippen molar-refractivity contribution in [1.29, 1.82) is 0 Å². The van der Waals surface area contributed by atoms with Gasteiger partial charge in [0.2, 0.25) is 0 Å². The predicted octanol–water partition coefficient (Wildman–Crippen LogP) is 5.13. The van der Waals surface area contributed by atoms with Gasteiger partial charge in [-0.3, -0.25) is 4.99 Å². The van der Waals surface area contributed by atoms with Crippen LogP contribution in [0.25, 0.3) is 16.7 Å². The van der Waals surface area contributed by atoms with Crippen LogP contribution in [0.15, 0.2) is 71.9 Å². The van der Waals surface area contributed by atoms with Crippen LogP contribution in [-0.2, 0) is 13.1 Å². The van der Waals surface area contributed by atoms with Gasteiger partial charge < -0.3 is 15.5 Å². The number of allylic oxidation sites excluding steroid dienone is 1. The summed E-state index contributed by atoms with van der Waals surface area (Å²) in [4.78, 5) is 4.44. The zero-order valence-corrected chi connectivity index (χ0v) is 15.8. The zero-order valence-electron chi connectivity index (χ0n) is 15.1. The van der Waals surface area contributed by atoms with Gasteiger partial charge in [0, 0.05) is 29.6 Å². The average Bonchev–Trinajstić information content (AvgIpc) is 2.70. The van der Waals surface area contributed by atoms with E-state index in [4.69, 9.17) is 11.6 Å². The third-order valence-corrected chi connectivity index (χ3v) is 4.91. The Morgan fingerprint density at radius 3 is 2.64 bits per heavy atom. The molecule has 0 bridgehead atoms. The van der Waals surface area contributed by atoms with Crippen LogP contribution in [0.1, 0.15) is 16.7 Å². The molecule has 0 aliphatic carbocycles. The Labute approximate surface area is 168 Å². The van der Waals surface area contributed by atoms with E-state index >= 15 is 0 Å². The molecule has 28 heavy (non-hydrogen) atoms. The molecule has 1 aliphatic rings. The SMILES string of the molecule is Oc1ccc(CNC=C2C=NCc3ccc(-c4cccc(Cl)c4)cc32)cc1O. The molecule has 0 spiro atoms. The highest BCUT2D eigenvalue weighted by Gasteiger charge is 2.12. The van der Waals surface area contributed by atoms with Crippen LogP contribution in [0.5, 0.6) is 11.5 Å². The summed E-state index contributed by atoms with van der Waals surface area (Å²) >= 11 is 6.14. The molecule has 1 heterocycles. The minimum Gasteiger partial charge on any atom is -0.504 e. The number of hydrogen-bond acceptors (Lipinski definition) is 4. The lowest BCUT2D eigenvalue weighted by atomic mass is 9.94. The Kier molecular flexibility index (Phi) is 5.04. The summed E-state index contributed by atoms with van der Waals surface area (Å²) < 4.78 is 0. The fraction of sp³-hybridized carbons (Fsp3) is 0.0870. The monoisotopic (exact) mass is 390 g/mol. The van der Waals surface area contributed by atoms with Gasteiger partial charge in [-0.05, 0) is 58.1 Å². The number of aromatic hydroxyl groups is 2. The van der Waals surface area contributed by atoms with Crippen molar-refractivity contribution in [3.8, 4) is 22.6 Å². The number of phenols is 2. The van der Waals surface area contributed by atoms with E-state index in [0.29, 0.717) is 18.1 Å². The molecule has 0 amide bonds. The predicted molar refractivity (Wildman–Crippen MR) is 114 cm³/mol. The number of benzene rings is 3. The van der Waals surface area contributed by atoms with Gasteiger partial charge in [-0.25, -0.2) is 0 Å². The van der Waals surface area contributed by atoms with Crippen LogP contribution in [-0.4, -0.2) is 16.4 Å². The van der Waals surface area contributed by atoms with Gasteiger partial charge in [0.25, 0.3) is 0 Å². The van der Waals surface area contributed by atoms with E-state index in [1.807, 2.05) is 36.7 Å². The van der Waals surface area contributed by atoms with Gasteiger partial charge in [-0.2, -0.15) is 0 Å². The highest BCUT2D eigenvalue weighted by Crippen LogP contribution is 2.30. The minimum atomic E-state index is -0.123. The number of fused-ring (bicyclic) bond motifs is 1. The van der Waals surface area contributed by atoms with E-state index in [0.717, 1.165) is 27.8 Å². The smallest absolute Gasteiger partial charge is 0.157 e. The Morgan fingerprint density at radius 2 is 1.82 bits per heavy atom. The molecular weight excluding hydrogens is 372 g/mol. The van der Waals surface area contributed by atoms with Crippen LogP contribution >= 0.6 is 11.6 Å². The topological polar surface area (TPSA) is 64.8 Å². The summed E-state index contributed by atoms with van der Waals surface area (Å²) in [6.45, 7) is 1.18. The van der Waals surface area contributed by atoms with Crippen LogP contribution in [0.3, 0.4) is 0 Å². The molecule has 0 unspecified atom stereocenters. The molecule has 0 saturated heterocycles. The second-order valence-electron chi connectivity index (χ2n) is 6.66. The van der Waals surface area contributed by atoms with Crippen LogP contribution in [0, 0.1) is 0 Å². The van der Waals surface area contributed by atoms with Crippen molar-refractivity contribution in [1.82, 2.24) is 5.32 Å². The standard InChI is InChI=1S/C23H19ClN2O2/c24-20-3-1-2-16(9-20)17-5-6-18-12-26-14-19(21(18)10-17)13-25-11-15-4-7-22(27)23(28)8-15/h1-10,13-14,25,27-28H,11-12H2. The highest BCUT2D eigenvalue weighted by atomic mass is 35.5. The van der Waals surface area contributed by atoms with Crippen molar-refractivity contribution in [2.45, 2.75) is 13.1 Å². The van der Waals surface area contributed by atoms with Crippen molar-refractivity contribution >= 4 is 23.4 Å². The summed E-state index contributed by atoms with van der Waals surface area (Å²) in [5, 5.41) is 23.0. The summed E-state index contributed by atoms with van der Waals surface area (Å²) in [7, 11) is 0. The first-order valence-electron chi connectivity index (χ1n) is 8.93. The van der Waals surface area contributed by atoms with Crippen molar-refractivity contribution in [2.24, 2.45) is 4.99 Å². The maximum atomic E-state index is 9.61. The summed E-state index contributed by atoms with van der Waals surface area (Å²) in [6.07, 6.45) is 3.79. The van der Waals surface area contributed by atoms with Gasteiger partial charge in [-0.15, -0.1) is 0 Å². The molecule has 1 aliphatic heterocycles. The fourth-order valence-electron chi connectivity index (χ4n) is 3.22. The largest absolute Gasteiger partial charge is 0.504 e. The molecule has 3 aromatic carbocycles. The van der Waals surface area contributed by atoms with E-state index < -0.39 is 0 Å². The third kappa shape index (κ3) is 3.87. The lowest BCUT2D eigenvalue weighted by Crippen LogP contribution is -2.09. The molecule has 0 aromatic heterocycles. The zero-order chi connectivity index (χ0) is 19.5. The molecule has 0 radical (unpaired) electrons. The number of aliphatic imine (C=N–C) groups is 1. The second-order valence-corrected chi connectivity index (χ2v) is 7.09. The summed E-state index contributed by atoms with van der Waals surface area (Å²) in [5.74, 6) is -0.244. The number of nitrogens with one attached hydrogen (secondary N) is 1. The van der Waals surface area contributed by atoms with Gasteiger partial charge in [0.15, 0.2) is 11.5 Å². The Morgan fingerprint density at radius 1 is 0.964 bits per heavy atom. The number of hydrogen-bond donors (Lipinski definition) is 3. The number of phenolic OH excluding ortho intramolecular Hbond substituents is 2. The first-order valence-corrected chi connectivity index (χ1v) is 9.31. The van der Waals surface area contributed by atoms with Crippen molar-refractivity contribution in [3.05, 3.63) is 88.6 Å². The molecular formula is C23H19ClN2O2. The van der Waals surface area contributed by atoms with E-state index in [1.165, 1.54) is 11.6 Å². The maximum absolute atomic E-state index is 9.61. The third-order valence-electron chi connectivity index (χ3n) is 4.67. The first-order chi connectivity index (χ1) is 13.6. The Balaban J connectivity index is 1.58. The van der Waals surface area contributed by atoms with Crippen molar-refractivity contribution in [3.63, 3.8) is 0 Å². The van der Waals surface area contributed by atoms with Crippen LogP contribution in [0.4, 0.5) is 0 Å². The maximum Gasteiger partial charge on any atom is 0.157 e. The molecule has 0 fully saturated rings. The van der Waals surface area contributed by atoms with E-state index in [2.05, 4.69) is 28.5 Å². The Hall–Kier alpha value is -3.24. The normalized spacial score (nSPS) is 14.1. The van der Waals surface area contributed by atoms with E-state index in [-0.39, 0.29) is 11.5 Å². The molecule has 4 rings (SSSR count). The number of nitrogens with zero attached hydrogens (tertiary/aromatic N) is 1. The van der Waals surface area contributed by atoms with Gasteiger partial charge in [0.1, 0.15) is 0 Å². The Bertz CT molecular complexity index is 1090. The molecule has 5 heteroatoms.